The number of hydrogen-bond donors (Lipinski definition) is 2. The third-order valence-electron chi connectivity index (χ3n) is 3.07. The van der Waals surface area contributed by atoms with Gasteiger partial charge in [0.15, 0.2) is 0 Å². The maximum absolute atomic E-state index is 8.79. The Balaban J connectivity index is 2.11. The molecular formula is C16H19N5. The number of hydrogen-bond acceptors (Lipinski definition) is 5. The normalized spacial score (nSPS) is 10.2. The van der Waals surface area contributed by atoms with Gasteiger partial charge in [0.25, 0.3) is 0 Å². The van der Waals surface area contributed by atoms with Gasteiger partial charge in [0.2, 0.25) is 0 Å². The molecule has 2 N–H and O–H groups in total. The monoisotopic (exact) mass is 281 g/mol. The van der Waals surface area contributed by atoms with Crippen LogP contribution in [0.2, 0.25) is 0 Å². The van der Waals surface area contributed by atoms with Crippen LogP contribution < -0.4 is 10.6 Å². The second kappa shape index (κ2) is 6.71. The van der Waals surface area contributed by atoms with Crippen molar-refractivity contribution in [2.45, 2.75) is 26.3 Å². The van der Waals surface area contributed by atoms with Gasteiger partial charge in [-0.2, -0.15) is 5.26 Å². The number of rotatable bonds is 5. The molecule has 108 valence electrons. The first-order valence-corrected chi connectivity index (χ1v) is 6.92. The maximum Gasteiger partial charge on any atom is 0.135 e. The van der Waals surface area contributed by atoms with Crippen LogP contribution in [0.4, 0.5) is 11.6 Å². The van der Waals surface area contributed by atoms with Gasteiger partial charge in [0, 0.05) is 25.6 Å². The predicted molar refractivity (Wildman–Crippen MR) is 84.2 cm³/mol. The van der Waals surface area contributed by atoms with Gasteiger partial charge in [-0.25, -0.2) is 9.97 Å². The average Bonchev–Trinajstić information content (AvgIpc) is 2.53. The highest BCUT2D eigenvalue weighted by Crippen LogP contribution is 2.17. The predicted octanol–water partition coefficient (Wildman–Crippen LogP) is 3.13. The lowest BCUT2D eigenvalue weighted by atomic mass is 10.1. The van der Waals surface area contributed by atoms with Crippen molar-refractivity contribution in [3.05, 3.63) is 47.3 Å². The molecule has 21 heavy (non-hydrogen) atoms. The van der Waals surface area contributed by atoms with E-state index >= 15 is 0 Å². The molecule has 2 aromatic rings. The smallest absolute Gasteiger partial charge is 0.135 e. The van der Waals surface area contributed by atoms with Gasteiger partial charge in [0.1, 0.15) is 17.5 Å². The van der Waals surface area contributed by atoms with Crippen molar-refractivity contribution in [1.29, 1.82) is 5.26 Å². The molecule has 0 unspecified atom stereocenters. The molecule has 5 heteroatoms. The Labute approximate surface area is 125 Å². The molecule has 0 atom stereocenters. The number of nitriles is 1. The number of anilines is 2. The molecule has 1 heterocycles. The summed E-state index contributed by atoms with van der Waals surface area (Å²) in [6.07, 6.45) is 0. The summed E-state index contributed by atoms with van der Waals surface area (Å²) < 4.78 is 0. The summed E-state index contributed by atoms with van der Waals surface area (Å²) in [5, 5.41) is 15.1. The van der Waals surface area contributed by atoms with Crippen LogP contribution in [-0.2, 0) is 6.54 Å². The minimum Gasteiger partial charge on any atom is -0.373 e. The summed E-state index contributed by atoms with van der Waals surface area (Å²) >= 11 is 0. The number of nitrogens with zero attached hydrogens (tertiary/aromatic N) is 3. The minimum atomic E-state index is 0.272. The largest absolute Gasteiger partial charge is 0.373 e. The van der Waals surface area contributed by atoms with E-state index in [0.717, 1.165) is 23.0 Å². The fourth-order valence-corrected chi connectivity index (χ4v) is 1.83. The van der Waals surface area contributed by atoms with Gasteiger partial charge in [0.05, 0.1) is 11.6 Å². The van der Waals surface area contributed by atoms with Crippen LogP contribution in [0.1, 0.15) is 36.7 Å². The standard InChI is InChI=1S/C16H19N5/c1-11(2)16-20-14(18-3)8-15(21-16)19-10-13-6-4-12(9-17)5-7-13/h4-8,11H,10H2,1-3H3,(H2,18,19,20,21). The first-order valence-electron chi connectivity index (χ1n) is 6.92. The minimum absolute atomic E-state index is 0.272. The van der Waals surface area contributed by atoms with Crippen molar-refractivity contribution in [1.82, 2.24) is 9.97 Å². The van der Waals surface area contributed by atoms with E-state index in [1.165, 1.54) is 0 Å². The van der Waals surface area contributed by atoms with Gasteiger partial charge in [-0.3, -0.25) is 0 Å². The van der Waals surface area contributed by atoms with Crippen molar-refractivity contribution in [3.8, 4) is 6.07 Å². The summed E-state index contributed by atoms with van der Waals surface area (Å²) in [7, 11) is 1.84. The lowest BCUT2D eigenvalue weighted by molar-refractivity contribution is 0.776. The quantitative estimate of drug-likeness (QED) is 0.880. The van der Waals surface area contributed by atoms with E-state index in [1.807, 2.05) is 37.4 Å². The second-order valence-electron chi connectivity index (χ2n) is 5.06. The summed E-state index contributed by atoms with van der Waals surface area (Å²) in [5.41, 5.74) is 1.77. The molecule has 0 saturated carbocycles. The van der Waals surface area contributed by atoms with E-state index < -0.39 is 0 Å². The molecule has 0 amide bonds. The van der Waals surface area contributed by atoms with Crippen LogP contribution in [0.3, 0.4) is 0 Å². The Morgan fingerprint density at radius 1 is 1.14 bits per heavy atom. The van der Waals surface area contributed by atoms with E-state index in [4.69, 9.17) is 5.26 Å². The van der Waals surface area contributed by atoms with Crippen molar-refractivity contribution in [2.24, 2.45) is 0 Å². The van der Waals surface area contributed by atoms with Crippen molar-refractivity contribution in [2.75, 3.05) is 17.7 Å². The summed E-state index contributed by atoms with van der Waals surface area (Å²) in [6.45, 7) is 4.79. The molecular weight excluding hydrogens is 262 g/mol. The second-order valence-corrected chi connectivity index (χ2v) is 5.06. The SMILES string of the molecule is CNc1cc(NCc2ccc(C#N)cc2)nc(C(C)C)n1. The lowest BCUT2D eigenvalue weighted by Crippen LogP contribution is -2.07. The molecule has 0 aliphatic carbocycles. The molecule has 0 bridgehead atoms. The molecule has 1 aromatic carbocycles. The molecule has 0 saturated heterocycles. The maximum atomic E-state index is 8.79. The average molecular weight is 281 g/mol. The van der Waals surface area contributed by atoms with Crippen LogP contribution in [0.25, 0.3) is 0 Å². The summed E-state index contributed by atoms with van der Waals surface area (Å²) in [5.74, 6) is 2.68. The third kappa shape index (κ3) is 3.93. The van der Waals surface area contributed by atoms with Gasteiger partial charge >= 0.3 is 0 Å². The van der Waals surface area contributed by atoms with Gasteiger partial charge in [-0.05, 0) is 17.7 Å². The molecule has 2 rings (SSSR count). The van der Waals surface area contributed by atoms with Gasteiger partial charge in [-0.1, -0.05) is 26.0 Å². The number of aromatic nitrogens is 2. The van der Waals surface area contributed by atoms with Crippen LogP contribution in [0, 0.1) is 11.3 Å². The van der Waals surface area contributed by atoms with Crippen LogP contribution in [-0.4, -0.2) is 17.0 Å². The Bertz CT molecular complexity index is 641. The number of benzene rings is 1. The van der Waals surface area contributed by atoms with E-state index in [0.29, 0.717) is 12.1 Å². The topological polar surface area (TPSA) is 73.6 Å². The fourth-order valence-electron chi connectivity index (χ4n) is 1.83. The highest BCUT2D eigenvalue weighted by atomic mass is 15.1. The lowest BCUT2D eigenvalue weighted by Gasteiger charge is -2.11. The zero-order chi connectivity index (χ0) is 15.2. The van der Waals surface area contributed by atoms with Crippen molar-refractivity contribution >= 4 is 11.6 Å². The molecule has 0 spiro atoms. The first kappa shape index (κ1) is 14.8. The Kier molecular flexibility index (Phi) is 4.72. The Morgan fingerprint density at radius 3 is 2.38 bits per heavy atom. The Morgan fingerprint density at radius 2 is 1.81 bits per heavy atom. The highest BCUT2D eigenvalue weighted by molar-refractivity contribution is 5.48. The first-order chi connectivity index (χ1) is 10.1. The summed E-state index contributed by atoms with van der Waals surface area (Å²) in [6, 6.07) is 11.5. The summed E-state index contributed by atoms with van der Waals surface area (Å²) in [4.78, 5) is 8.95. The van der Waals surface area contributed by atoms with E-state index in [2.05, 4.69) is 40.5 Å². The van der Waals surface area contributed by atoms with Crippen LogP contribution in [0.15, 0.2) is 30.3 Å². The molecule has 0 aliphatic rings. The van der Waals surface area contributed by atoms with Gasteiger partial charge < -0.3 is 10.6 Å². The van der Waals surface area contributed by atoms with Crippen LogP contribution >= 0.6 is 0 Å². The van der Waals surface area contributed by atoms with Crippen molar-refractivity contribution in [3.63, 3.8) is 0 Å². The molecule has 0 aliphatic heterocycles. The van der Waals surface area contributed by atoms with E-state index in [1.54, 1.807) is 0 Å². The number of nitrogens with one attached hydrogen (secondary N) is 2. The molecule has 0 fully saturated rings. The van der Waals surface area contributed by atoms with Crippen molar-refractivity contribution < 1.29 is 0 Å². The zero-order valence-corrected chi connectivity index (χ0v) is 12.5. The fraction of sp³-hybridized carbons (Fsp3) is 0.312. The van der Waals surface area contributed by atoms with E-state index in [-0.39, 0.29) is 5.92 Å². The zero-order valence-electron chi connectivity index (χ0n) is 12.5. The van der Waals surface area contributed by atoms with E-state index in [9.17, 15) is 0 Å². The third-order valence-corrected chi connectivity index (χ3v) is 3.07. The highest BCUT2D eigenvalue weighted by Gasteiger charge is 2.07. The van der Waals surface area contributed by atoms with Crippen LogP contribution in [0.5, 0.6) is 0 Å². The molecule has 5 nitrogen and oxygen atoms in total. The Hall–Kier alpha value is -2.61. The molecule has 0 radical (unpaired) electrons. The van der Waals surface area contributed by atoms with Gasteiger partial charge in [-0.15, -0.1) is 0 Å². The molecule has 1 aromatic heterocycles.